The second-order valence-corrected chi connectivity index (χ2v) is 6.00. The van der Waals surface area contributed by atoms with Gasteiger partial charge in [0.1, 0.15) is 0 Å². The van der Waals surface area contributed by atoms with Gasteiger partial charge in [0.15, 0.2) is 0 Å². The van der Waals surface area contributed by atoms with Crippen LogP contribution in [0.15, 0.2) is 0 Å². The number of carboxylic acids is 1. The first-order valence-corrected chi connectivity index (χ1v) is 7.68. The minimum absolute atomic E-state index is 0.00799. The van der Waals surface area contributed by atoms with Gasteiger partial charge in [-0.3, -0.25) is 4.79 Å². The molecule has 2 amide bonds. The molecule has 1 saturated carbocycles. The van der Waals surface area contributed by atoms with Gasteiger partial charge in [0, 0.05) is 26.1 Å². The summed E-state index contributed by atoms with van der Waals surface area (Å²) in [4.78, 5) is 24.7. The number of aliphatic carboxylic acids is 1. The Hall–Kier alpha value is -1.26. The summed E-state index contributed by atoms with van der Waals surface area (Å²) in [5, 5.41) is 11.7. The molecule has 2 N–H and O–H groups in total. The largest absolute Gasteiger partial charge is 0.481 e. The molecule has 20 heavy (non-hydrogen) atoms. The van der Waals surface area contributed by atoms with E-state index in [9.17, 15) is 9.59 Å². The Bertz CT molecular complexity index is 333. The van der Waals surface area contributed by atoms with Crippen LogP contribution in [0.2, 0.25) is 0 Å². The number of nitrogens with one attached hydrogen (secondary N) is 1. The van der Waals surface area contributed by atoms with Gasteiger partial charge in [0.25, 0.3) is 0 Å². The van der Waals surface area contributed by atoms with E-state index in [-0.39, 0.29) is 18.4 Å². The molecule has 0 aromatic carbocycles. The average molecular weight is 284 g/mol. The lowest BCUT2D eigenvalue weighted by Gasteiger charge is -2.36. The highest BCUT2D eigenvalue weighted by atomic mass is 16.4. The Morgan fingerprint density at radius 1 is 1.35 bits per heavy atom. The zero-order valence-electron chi connectivity index (χ0n) is 12.9. The molecule has 0 spiro atoms. The molecule has 0 saturated heterocycles. The lowest BCUT2D eigenvalue weighted by molar-refractivity contribution is -0.138. The highest BCUT2D eigenvalue weighted by Gasteiger charge is 2.28. The Morgan fingerprint density at radius 3 is 2.55 bits per heavy atom. The third-order valence-electron chi connectivity index (χ3n) is 4.47. The Balaban J connectivity index is 2.42. The molecule has 5 nitrogen and oxygen atoms in total. The molecule has 1 aliphatic carbocycles. The topological polar surface area (TPSA) is 69.6 Å². The summed E-state index contributed by atoms with van der Waals surface area (Å²) in [6, 6.07) is 0.232. The van der Waals surface area contributed by atoms with E-state index in [4.69, 9.17) is 5.11 Å². The molecule has 3 unspecified atom stereocenters. The van der Waals surface area contributed by atoms with Gasteiger partial charge >= 0.3 is 12.0 Å². The van der Waals surface area contributed by atoms with E-state index in [1.807, 2.05) is 14.0 Å². The van der Waals surface area contributed by atoms with E-state index in [1.165, 1.54) is 19.3 Å². The summed E-state index contributed by atoms with van der Waals surface area (Å²) in [5.41, 5.74) is 0. The Morgan fingerprint density at radius 2 is 2.00 bits per heavy atom. The van der Waals surface area contributed by atoms with Crippen molar-refractivity contribution in [3.8, 4) is 0 Å². The molecule has 5 heteroatoms. The van der Waals surface area contributed by atoms with E-state index in [2.05, 4.69) is 12.2 Å². The van der Waals surface area contributed by atoms with Gasteiger partial charge in [0.05, 0.1) is 0 Å². The number of urea groups is 1. The first kappa shape index (κ1) is 16.8. The summed E-state index contributed by atoms with van der Waals surface area (Å²) < 4.78 is 0. The summed E-state index contributed by atoms with van der Waals surface area (Å²) >= 11 is 0. The van der Waals surface area contributed by atoms with Gasteiger partial charge in [-0.2, -0.15) is 0 Å². The lowest BCUT2D eigenvalue weighted by atomic mass is 9.85. The number of carboxylic acid groups (broad SMARTS) is 1. The highest BCUT2D eigenvalue weighted by Crippen LogP contribution is 2.27. The Kier molecular flexibility index (Phi) is 6.82. The number of carbonyl (C=O) groups excluding carboxylic acids is 1. The van der Waals surface area contributed by atoms with Crippen molar-refractivity contribution in [2.75, 3.05) is 13.6 Å². The maximum absolute atomic E-state index is 12.2. The summed E-state index contributed by atoms with van der Waals surface area (Å²) in [5.74, 6) is -0.255. The van der Waals surface area contributed by atoms with Gasteiger partial charge in [-0.05, 0) is 24.7 Å². The van der Waals surface area contributed by atoms with Gasteiger partial charge in [0.2, 0.25) is 0 Å². The molecule has 0 heterocycles. The third-order valence-corrected chi connectivity index (χ3v) is 4.47. The Labute approximate surface area is 121 Å². The van der Waals surface area contributed by atoms with Gasteiger partial charge in [-0.15, -0.1) is 0 Å². The van der Waals surface area contributed by atoms with Crippen LogP contribution in [-0.2, 0) is 4.79 Å². The molecular formula is C15H28N2O3. The van der Waals surface area contributed by atoms with Crippen molar-refractivity contribution in [1.29, 1.82) is 0 Å². The summed E-state index contributed by atoms with van der Waals surface area (Å²) in [6.07, 6.45) is 5.56. The first-order chi connectivity index (χ1) is 9.45. The fourth-order valence-corrected chi connectivity index (χ4v) is 2.99. The number of nitrogens with zero attached hydrogens (tertiary/aromatic N) is 1. The van der Waals surface area contributed by atoms with Gasteiger partial charge in [-0.25, -0.2) is 4.79 Å². The summed E-state index contributed by atoms with van der Waals surface area (Å²) in [6.45, 7) is 4.59. The smallest absolute Gasteiger partial charge is 0.317 e. The van der Waals surface area contributed by atoms with E-state index < -0.39 is 5.97 Å². The van der Waals surface area contributed by atoms with Crippen LogP contribution in [0, 0.1) is 11.8 Å². The van der Waals surface area contributed by atoms with Crippen LogP contribution >= 0.6 is 0 Å². The van der Waals surface area contributed by atoms with Crippen molar-refractivity contribution in [2.45, 2.75) is 58.4 Å². The molecular weight excluding hydrogens is 256 g/mol. The highest BCUT2D eigenvalue weighted by molar-refractivity contribution is 5.74. The van der Waals surface area contributed by atoms with Crippen molar-refractivity contribution in [2.24, 2.45) is 11.8 Å². The zero-order valence-corrected chi connectivity index (χ0v) is 12.9. The van der Waals surface area contributed by atoms with Crippen molar-refractivity contribution in [3.63, 3.8) is 0 Å². The van der Waals surface area contributed by atoms with E-state index >= 15 is 0 Å². The van der Waals surface area contributed by atoms with E-state index in [1.54, 1.807) is 4.90 Å². The van der Waals surface area contributed by atoms with E-state index in [0.717, 1.165) is 12.8 Å². The minimum Gasteiger partial charge on any atom is -0.481 e. The molecule has 0 aromatic rings. The number of amides is 2. The molecule has 1 fully saturated rings. The molecule has 116 valence electrons. The van der Waals surface area contributed by atoms with E-state index in [0.29, 0.717) is 18.5 Å². The fourth-order valence-electron chi connectivity index (χ4n) is 2.99. The molecule has 0 bridgehead atoms. The normalized spacial score (nSPS) is 23.9. The lowest BCUT2D eigenvalue weighted by Crippen LogP contribution is -2.48. The second-order valence-electron chi connectivity index (χ2n) is 6.00. The number of hydrogen-bond donors (Lipinski definition) is 2. The van der Waals surface area contributed by atoms with Crippen LogP contribution in [0.5, 0.6) is 0 Å². The third kappa shape index (κ3) is 5.02. The molecule has 1 rings (SSSR count). The minimum atomic E-state index is -0.805. The predicted molar refractivity (Wildman–Crippen MR) is 78.6 cm³/mol. The summed E-state index contributed by atoms with van der Waals surface area (Å²) in [7, 11) is 1.85. The van der Waals surface area contributed by atoms with Gasteiger partial charge < -0.3 is 15.3 Å². The van der Waals surface area contributed by atoms with Crippen LogP contribution in [0.4, 0.5) is 4.79 Å². The van der Waals surface area contributed by atoms with Crippen LogP contribution in [0.3, 0.4) is 0 Å². The second kappa shape index (κ2) is 8.12. The monoisotopic (exact) mass is 284 g/mol. The van der Waals surface area contributed by atoms with Crippen molar-refractivity contribution in [3.05, 3.63) is 0 Å². The van der Waals surface area contributed by atoms with Crippen LogP contribution < -0.4 is 5.32 Å². The zero-order chi connectivity index (χ0) is 15.1. The SMILES string of the molecule is CCC(CNC(=O)N(C)C1CCCCC1C)CC(=O)O. The van der Waals surface area contributed by atoms with Crippen LogP contribution in [-0.4, -0.2) is 41.6 Å². The standard InChI is InChI=1S/C15H28N2O3/c1-4-12(9-14(18)19)10-16-15(20)17(3)13-8-6-5-7-11(13)2/h11-13H,4-10H2,1-3H3,(H,16,20)(H,18,19). The van der Waals surface area contributed by atoms with Crippen molar-refractivity contribution < 1.29 is 14.7 Å². The molecule has 3 atom stereocenters. The van der Waals surface area contributed by atoms with Gasteiger partial charge in [-0.1, -0.05) is 33.1 Å². The maximum Gasteiger partial charge on any atom is 0.317 e. The quantitative estimate of drug-likeness (QED) is 0.788. The first-order valence-electron chi connectivity index (χ1n) is 7.68. The van der Waals surface area contributed by atoms with Crippen LogP contribution in [0.25, 0.3) is 0 Å². The molecule has 1 aliphatic rings. The predicted octanol–water partition coefficient (Wildman–Crippen LogP) is 2.71. The van der Waals surface area contributed by atoms with Crippen LogP contribution in [0.1, 0.15) is 52.4 Å². The maximum atomic E-state index is 12.2. The number of rotatable bonds is 6. The molecule has 0 aromatic heterocycles. The molecule has 0 aliphatic heterocycles. The average Bonchev–Trinajstić information content (AvgIpc) is 2.42. The molecule has 0 radical (unpaired) electrons. The fraction of sp³-hybridized carbons (Fsp3) is 0.867. The van der Waals surface area contributed by atoms with Crippen molar-refractivity contribution in [1.82, 2.24) is 10.2 Å². The number of carbonyl (C=O) groups is 2. The van der Waals surface area contributed by atoms with Crippen molar-refractivity contribution >= 4 is 12.0 Å². The number of hydrogen-bond acceptors (Lipinski definition) is 2.